The fourth-order valence-corrected chi connectivity index (χ4v) is 30.2. The summed E-state index contributed by atoms with van der Waals surface area (Å²) in [5.74, 6) is 14.8. The van der Waals surface area contributed by atoms with E-state index < -0.39 is 0 Å². The third-order valence-corrected chi connectivity index (χ3v) is 35.7. The number of nitrogens with zero attached hydrogens (tertiary/aromatic N) is 10. The van der Waals surface area contributed by atoms with Crippen LogP contribution in [0, 0.1) is 53.3 Å². The van der Waals surface area contributed by atoms with Crippen LogP contribution in [0.15, 0.2) is 212 Å². The van der Waals surface area contributed by atoms with Crippen molar-refractivity contribution in [1.29, 1.82) is 0 Å². The number of anilines is 2. The first-order valence-electron chi connectivity index (χ1n) is 57.8. The standard InChI is InChI=1S/C31H47N3.C23H23N3.C19H35N3.C19H29N3.C15H27N3O2.C15H15N3O/c1-19-2-21-3-20(1)11-29(10-19,12-21)32-28(33-30-13-22-4-23(14-30)6-24(5-22)15-30)34-31-16-25-7-26(17-31)9-27(8-25)18-31;1-25-21(18-12-6-3-7-13-18)22(19-14-8-4-9-15-19)26(2)23(25)24-20-16-10-5-11-17-20;2*1-4-10-16(11-5-1)20-19(21-17-12-6-2-7-13-17)22-18-14-8-3-9-15-18;1-2-4-14(5-3-1)16-15(17-6-10-19-11-7-17)18-8-12-20-13-9-18;1-12(19)16-15(17-13-8-4-2-5-9-13)18-14-10-6-3-7-11-14/h19-27H,1-18H2,(H2,32,33,34);3-17,21-22H,1-2H3;16-18H,1-15H2,(H2,20,21,22);1,4-5,10-11,17-18H,2-3,6-9,12-15H2,(H2,20,21,22);14H,1-13H2;2-11H,1H3,(H2,16,17,18,19). The van der Waals surface area contributed by atoms with Gasteiger partial charge in [0.05, 0.1) is 73.6 Å². The van der Waals surface area contributed by atoms with E-state index in [9.17, 15) is 4.79 Å². The number of aliphatic imine (C=N–C) groups is 6. The molecule has 2 atom stereocenters. The molecule has 3 aliphatic heterocycles. The molecule has 6 aromatic carbocycles. The minimum Gasteiger partial charge on any atom is -0.378 e. The van der Waals surface area contributed by atoms with Crippen molar-refractivity contribution in [2.24, 2.45) is 83.2 Å². The Bertz CT molecular complexity index is 4780. The Hall–Kier alpha value is -9.47. The summed E-state index contributed by atoms with van der Waals surface area (Å²) in [6.45, 7) is 8.66. The molecule has 772 valence electrons. The molecule has 0 radical (unpaired) electrons. The van der Waals surface area contributed by atoms with Crippen LogP contribution < -0.4 is 42.5 Å². The minimum atomic E-state index is -0.168. The van der Waals surface area contributed by atoms with Gasteiger partial charge in [0.15, 0.2) is 23.8 Å². The number of para-hydroxylation sites is 4. The van der Waals surface area contributed by atoms with Gasteiger partial charge >= 0.3 is 0 Å². The first-order chi connectivity index (χ1) is 70.2. The summed E-state index contributed by atoms with van der Waals surface area (Å²) in [6.07, 6.45) is 66.7. The van der Waals surface area contributed by atoms with Crippen LogP contribution in [0.5, 0.6) is 0 Å². The van der Waals surface area contributed by atoms with Crippen molar-refractivity contribution in [2.75, 3.05) is 77.3 Å². The van der Waals surface area contributed by atoms with Crippen molar-refractivity contribution < 1.29 is 14.3 Å². The maximum atomic E-state index is 11.2. The van der Waals surface area contributed by atoms with Crippen molar-refractivity contribution in [2.45, 2.75) is 380 Å². The molecule has 6 aromatic rings. The van der Waals surface area contributed by atoms with E-state index >= 15 is 0 Å². The number of morpholine rings is 2. The lowest BCUT2D eigenvalue weighted by molar-refractivity contribution is -0.117. The number of amides is 1. The lowest BCUT2D eigenvalue weighted by atomic mass is 9.52. The zero-order valence-corrected chi connectivity index (χ0v) is 87.4. The molecule has 12 bridgehead atoms. The van der Waals surface area contributed by atoms with Crippen LogP contribution in [-0.4, -0.2) is 181 Å². The first-order valence-corrected chi connectivity index (χ1v) is 57.8. The highest BCUT2D eigenvalue weighted by molar-refractivity contribution is 6.04. The predicted molar refractivity (Wildman–Crippen MR) is 589 cm³/mol. The van der Waals surface area contributed by atoms with E-state index in [0.29, 0.717) is 53.3 Å². The second kappa shape index (κ2) is 50.8. The summed E-state index contributed by atoms with van der Waals surface area (Å²) in [6, 6.07) is 64.9. The van der Waals surface area contributed by atoms with Gasteiger partial charge in [-0.25, -0.2) is 30.0 Å². The molecule has 143 heavy (non-hydrogen) atoms. The molecule has 2 unspecified atom stereocenters. The number of likely N-dealkylation sites (N-methyl/N-ethyl adjacent to an activating group) is 2. The number of ether oxygens (including phenoxy) is 2. The quantitative estimate of drug-likeness (QED) is 0.0354. The highest BCUT2D eigenvalue weighted by Crippen LogP contribution is 2.60. The second-order valence-corrected chi connectivity index (χ2v) is 47.3. The van der Waals surface area contributed by atoms with Crippen LogP contribution >= 0.6 is 0 Å². The van der Waals surface area contributed by atoms with E-state index in [-0.39, 0.29) is 23.5 Å². The Balaban J connectivity index is 0.000000110. The van der Waals surface area contributed by atoms with Gasteiger partial charge in [0.1, 0.15) is 0 Å². The molecule has 3 saturated heterocycles. The summed E-state index contributed by atoms with van der Waals surface area (Å²) in [7, 11) is 4.28. The van der Waals surface area contributed by atoms with Gasteiger partial charge < -0.3 is 66.3 Å². The van der Waals surface area contributed by atoms with E-state index in [1.54, 1.807) is 0 Å². The molecule has 0 aromatic heterocycles. The third-order valence-electron chi connectivity index (χ3n) is 35.7. The monoisotopic (exact) mass is 1940 g/mol. The van der Waals surface area contributed by atoms with Gasteiger partial charge in [0, 0.05) is 87.8 Å². The molecule has 1 amide bonds. The number of carbonyl (C=O) groups excluding carboxylic acids is 1. The molecular formula is C122H176N18O3. The second-order valence-electron chi connectivity index (χ2n) is 47.3. The van der Waals surface area contributed by atoms with Crippen LogP contribution in [0.4, 0.5) is 22.7 Å². The van der Waals surface area contributed by atoms with E-state index in [2.05, 4.69) is 172 Å². The average Bonchev–Trinajstić information content (AvgIpc) is 1.39. The largest absolute Gasteiger partial charge is 0.378 e. The van der Waals surface area contributed by atoms with Gasteiger partial charge in [-0.15, -0.1) is 0 Å². The smallest absolute Gasteiger partial charge is 0.223 e. The molecule has 21 nitrogen and oxygen atoms in total. The van der Waals surface area contributed by atoms with E-state index in [4.69, 9.17) is 34.4 Å². The fourth-order valence-electron chi connectivity index (χ4n) is 30.2. The number of carbonyl (C=O) groups is 1. The highest BCUT2D eigenvalue weighted by atomic mass is 16.5. The maximum Gasteiger partial charge on any atom is 0.223 e. The molecule has 21 fully saturated rings. The van der Waals surface area contributed by atoms with Gasteiger partial charge in [-0.3, -0.25) is 10.1 Å². The SMILES string of the molecule is C1C2CC3CC1CC(N=C(NC14CC5CC(CC(C5)C1)C4)NC14CC5CC(CC(C5)C1)C4)(C2)C3.C1CCC(N=C(N2CCOCC2)N2CCOCC2)CC1.C1CCC(N=C(NC2CCCCC2)NC2CCCCC2)CC1.CC(=O)NC(=Nc1ccccc1)Nc1ccccc1.CN1C(=Nc2ccccc2)N(C)C(c2ccccc2)C1c1ccccc1.c1ccc(NC(=NC2CCCCC2)NC2CCCCC2)cc1. The van der Waals surface area contributed by atoms with Crippen LogP contribution in [0.3, 0.4) is 0 Å². The van der Waals surface area contributed by atoms with Crippen LogP contribution in [0.25, 0.3) is 0 Å². The Morgan fingerprint density at radius 3 is 0.986 bits per heavy atom. The predicted octanol–water partition coefficient (Wildman–Crippen LogP) is 25.0. The Morgan fingerprint density at radius 1 is 0.329 bits per heavy atom. The molecule has 18 saturated carbocycles. The topological polar surface area (TPSA) is 219 Å². The summed E-state index contributed by atoms with van der Waals surface area (Å²) in [4.78, 5) is 51.1. The molecule has 8 N–H and O–H groups in total. The molecule has 3 heterocycles. The molecule has 18 aliphatic carbocycles. The highest BCUT2D eigenvalue weighted by Gasteiger charge is 2.57. The van der Waals surface area contributed by atoms with Gasteiger partial charge in [-0.2, -0.15) is 0 Å². The normalized spacial score (nSPS) is 30.0. The van der Waals surface area contributed by atoms with Crippen LogP contribution in [-0.2, 0) is 14.3 Å². The summed E-state index contributed by atoms with van der Waals surface area (Å²) >= 11 is 0. The summed E-state index contributed by atoms with van der Waals surface area (Å²) in [5.41, 5.74) is 7.34. The van der Waals surface area contributed by atoms with E-state index in [1.165, 1.54) is 338 Å². The van der Waals surface area contributed by atoms with Gasteiger partial charge in [-0.1, -0.05) is 249 Å². The van der Waals surface area contributed by atoms with Crippen molar-refractivity contribution in [3.05, 3.63) is 193 Å². The average molecular weight is 1940 g/mol. The third kappa shape index (κ3) is 29.1. The molecule has 21 aliphatic rings. The zero-order valence-electron chi connectivity index (χ0n) is 87.4. The Morgan fingerprint density at radius 2 is 0.629 bits per heavy atom. The number of hydrogen-bond donors (Lipinski definition) is 8. The van der Waals surface area contributed by atoms with Crippen LogP contribution in [0.1, 0.15) is 338 Å². The number of nitrogens with one attached hydrogen (secondary N) is 8. The van der Waals surface area contributed by atoms with E-state index in [1.807, 2.05) is 91.0 Å². The zero-order chi connectivity index (χ0) is 97.3. The number of rotatable bonds is 15. The maximum absolute atomic E-state index is 11.2. The van der Waals surface area contributed by atoms with Crippen molar-refractivity contribution >= 4 is 64.4 Å². The number of guanidine groups is 6. The van der Waals surface area contributed by atoms with E-state index in [0.717, 1.165) is 146 Å². The minimum absolute atomic E-state index is 0.168. The molecule has 27 rings (SSSR count). The van der Waals surface area contributed by atoms with Crippen molar-refractivity contribution in [3.63, 3.8) is 0 Å². The fraction of sp³-hybridized carbons (Fsp3) is 0.648. The van der Waals surface area contributed by atoms with Crippen molar-refractivity contribution in [1.82, 2.24) is 51.5 Å². The van der Waals surface area contributed by atoms with Crippen molar-refractivity contribution in [3.8, 4) is 0 Å². The molecular weight excluding hydrogens is 1770 g/mol. The van der Waals surface area contributed by atoms with Gasteiger partial charge in [-0.05, 0) is 306 Å². The Labute approximate surface area is 858 Å². The summed E-state index contributed by atoms with van der Waals surface area (Å²) in [5, 5.41) is 29.2. The lowest BCUT2D eigenvalue weighted by Gasteiger charge is -2.60. The van der Waals surface area contributed by atoms with Gasteiger partial charge in [0.2, 0.25) is 17.8 Å². The molecule has 0 spiro atoms. The number of benzene rings is 6. The van der Waals surface area contributed by atoms with Crippen LogP contribution in [0.2, 0.25) is 0 Å². The first kappa shape index (κ1) is 102. The van der Waals surface area contributed by atoms with Gasteiger partial charge in [0.25, 0.3) is 0 Å². The Kier molecular flexibility index (Phi) is 36.3. The summed E-state index contributed by atoms with van der Waals surface area (Å²) < 4.78 is 11.0. The molecule has 21 heteroatoms. The number of hydrogen-bond acceptors (Lipinski definition) is 9. The lowest BCUT2D eigenvalue weighted by Crippen LogP contribution is -2.67.